The van der Waals surface area contributed by atoms with Gasteiger partial charge in [0.05, 0.1) is 6.10 Å². The monoisotopic (exact) mass is 204 g/mol. The highest BCUT2D eigenvalue weighted by molar-refractivity contribution is 5.21. The van der Waals surface area contributed by atoms with Gasteiger partial charge in [-0.1, -0.05) is 38.0 Å². The minimum atomic E-state index is 0.450. The molecule has 0 spiro atoms. The van der Waals surface area contributed by atoms with Crippen LogP contribution in [0, 0.1) is 5.92 Å². The van der Waals surface area contributed by atoms with E-state index in [0.29, 0.717) is 6.10 Å². The van der Waals surface area contributed by atoms with E-state index in [1.807, 2.05) is 18.2 Å². The average Bonchev–Trinajstić information content (AvgIpc) is 2.31. The van der Waals surface area contributed by atoms with Gasteiger partial charge in [0.15, 0.2) is 0 Å². The highest BCUT2D eigenvalue weighted by Gasteiger charge is 2.21. The van der Waals surface area contributed by atoms with Crippen molar-refractivity contribution in [3.63, 3.8) is 0 Å². The predicted octanol–water partition coefficient (Wildman–Crippen LogP) is 4.03. The Kier molecular flexibility index (Phi) is 3.65. The zero-order valence-electron chi connectivity index (χ0n) is 9.49. The zero-order chi connectivity index (χ0) is 10.5. The molecule has 1 aliphatic carbocycles. The molecule has 2 atom stereocenters. The van der Waals surface area contributed by atoms with Crippen LogP contribution in [0.3, 0.4) is 0 Å². The molecule has 1 nitrogen and oxygen atoms in total. The molecule has 1 aromatic carbocycles. The predicted molar refractivity (Wildman–Crippen MR) is 63.1 cm³/mol. The van der Waals surface area contributed by atoms with E-state index in [1.165, 1.54) is 32.1 Å². The molecular weight excluding hydrogens is 184 g/mol. The summed E-state index contributed by atoms with van der Waals surface area (Å²) in [6, 6.07) is 10.2. The Hall–Kier alpha value is -0.980. The maximum absolute atomic E-state index is 5.99. The van der Waals surface area contributed by atoms with Crippen LogP contribution < -0.4 is 4.74 Å². The molecule has 1 saturated carbocycles. The maximum atomic E-state index is 5.99. The third-order valence-corrected chi connectivity index (χ3v) is 3.36. The highest BCUT2D eigenvalue weighted by Crippen LogP contribution is 2.29. The van der Waals surface area contributed by atoms with Crippen LogP contribution in [0.1, 0.15) is 39.0 Å². The first-order valence-electron chi connectivity index (χ1n) is 6.10. The van der Waals surface area contributed by atoms with E-state index in [4.69, 9.17) is 4.74 Å². The topological polar surface area (TPSA) is 9.23 Å². The van der Waals surface area contributed by atoms with Crippen molar-refractivity contribution in [2.75, 3.05) is 0 Å². The molecule has 0 N–H and O–H groups in total. The largest absolute Gasteiger partial charge is 0.490 e. The van der Waals surface area contributed by atoms with E-state index in [9.17, 15) is 0 Å². The minimum Gasteiger partial charge on any atom is -0.490 e. The van der Waals surface area contributed by atoms with Crippen LogP contribution in [0.5, 0.6) is 5.75 Å². The lowest BCUT2D eigenvalue weighted by atomic mass is 9.85. The number of benzene rings is 1. The second kappa shape index (κ2) is 5.20. The van der Waals surface area contributed by atoms with Crippen LogP contribution in [0.2, 0.25) is 0 Å². The van der Waals surface area contributed by atoms with Gasteiger partial charge in [-0.15, -0.1) is 0 Å². The van der Waals surface area contributed by atoms with E-state index in [-0.39, 0.29) is 0 Å². The van der Waals surface area contributed by atoms with Crippen LogP contribution in [0.15, 0.2) is 30.3 Å². The lowest BCUT2D eigenvalue weighted by molar-refractivity contribution is 0.122. The molecule has 1 fully saturated rings. The average molecular weight is 204 g/mol. The molecule has 0 aromatic heterocycles. The molecular formula is C14H20O. The Labute approximate surface area is 92.5 Å². The fourth-order valence-electron chi connectivity index (χ4n) is 2.41. The van der Waals surface area contributed by atoms with E-state index < -0.39 is 0 Å². The molecule has 0 aliphatic heterocycles. The molecule has 0 bridgehead atoms. The smallest absolute Gasteiger partial charge is 0.119 e. The van der Waals surface area contributed by atoms with Crippen molar-refractivity contribution >= 4 is 0 Å². The SMILES string of the molecule is CCC1CCCC(Oc2ccccc2)C1. The summed E-state index contributed by atoms with van der Waals surface area (Å²) in [6.07, 6.45) is 6.94. The third kappa shape index (κ3) is 2.98. The molecule has 0 saturated heterocycles. The van der Waals surface area contributed by atoms with Crippen molar-refractivity contribution in [3.8, 4) is 5.75 Å². The van der Waals surface area contributed by atoms with Gasteiger partial charge in [-0.2, -0.15) is 0 Å². The minimum absolute atomic E-state index is 0.450. The first-order valence-corrected chi connectivity index (χ1v) is 6.10. The number of ether oxygens (including phenoxy) is 1. The van der Waals surface area contributed by atoms with E-state index in [1.54, 1.807) is 0 Å². The van der Waals surface area contributed by atoms with Gasteiger partial charge < -0.3 is 4.74 Å². The van der Waals surface area contributed by atoms with Gasteiger partial charge in [-0.3, -0.25) is 0 Å². The first-order chi connectivity index (χ1) is 7.38. The van der Waals surface area contributed by atoms with Crippen LogP contribution in [-0.2, 0) is 0 Å². The molecule has 0 heterocycles. The highest BCUT2D eigenvalue weighted by atomic mass is 16.5. The van der Waals surface area contributed by atoms with Crippen LogP contribution in [-0.4, -0.2) is 6.10 Å². The van der Waals surface area contributed by atoms with Gasteiger partial charge in [0.25, 0.3) is 0 Å². The number of hydrogen-bond acceptors (Lipinski definition) is 1. The van der Waals surface area contributed by atoms with Gasteiger partial charge in [0, 0.05) is 0 Å². The molecule has 1 aliphatic rings. The summed E-state index contributed by atoms with van der Waals surface area (Å²) in [5, 5.41) is 0. The van der Waals surface area contributed by atoms with Crippen molar-refractivity contribution in [1.29, 1.82) is 0 Å². The van der Waals surface area contributed by atoms with E-state index in [2.05, 4.69) is 19.1 Å². The molecule has 2 rings (SSSR count). The van der Waals surface area contributed by atoms with Crippen molar-refractivity contribution in [1.82, 2.24) is 0 Å². The normalized spacial score (nSPS) is 26.2. The number of rotatable bonds is 3. The Morgan fingerprint density at radius 1 is 1.20 bits per heavy atom. The summed E-state index contributed by atoms with van der Waals surface area (Å²) in [5.74, 6) is 1.91. The summed E-state index contributed by atoms with van der Waals surface area (Å²) in [7, 11) is 0. The molecule has 1 heteroatoms. The quantitative estimate of drug-likeness (QED) is 0.722. The van der Waals surface area contributed by atoms with Crippen molar-refractivity contribution < 1.29 is 4.74 Å². The second-order valence-electron chi connectivity index (χ2n) is 4.49. The van der Waals surface area contributed by atoms with E-state index in [0.717, 1.165) is 11.7 Å². The molecule has 0 amide bonds. The van der Waals surface area contributed by atoms with Gasteiger partial charge in [-0.05, 0) is 37.3 Å². The Balaban J connectivity index is 1.89. The number of para-hydroxylation sites is 1. The Bertz CT molecular complexity index is 281. The van der Waals surface area contributed by atoms with Gasteiger partial charge >= 0.3 is 0 Å². The lowest BCUT2D eigenvalue weighted by Gasteiger charge is -2.28. The lowest BCUT2D eigenvalue weighted by Crippen LogP contribution is -2.25. The standard InChI is InChI=1S/C14H20O/c1-2-12-7-6-10-14(11-12)15-13-8-4-3-5-9-13/h3-5,8-9,12,14H,2,6-7,10-11H2,1H3. The van der Waals surface area contributed by atoms with E-state index >= 15 is 0 Å². The van der Waals surface area contributed by atoms with Crippen molar-refractivity contribution in [2.24, 2.45) is 5.92 Å². The summed E-state index contributed by atoms with van der Waals surface area (Å²) in [6.45, 7) is 2.29. The molecule has 1 aromatic rings. The van der Waals surface area contributed by atoms with Crippen molar-refractivity contribution in [3.05, 3.63) is 30.3 Å². The molecule has 82 valence electrons. The van der Waals surface area contributed by atoms with Crippen LogP contribution in [0.4, 0.5) is 0 Å². The van der Waals surface area contributed by atoms with Crippen molar-refractivity contribution in [2.45, 2.75) is 45.1 Å². The second-order valence-corrected chi connectivity index (χ2v) is 4.49. The Morgan fingerprint density at radius 3 is 2.73 bits per heavy atom. The van der Waals surface area contributed by atoms with Gasteiger partial charge in [0.2, 0.25) is 0 Å². The Morgan fingerprint density at radius 2 is 2.00 bits per heavy atom. The fourth-order valence-corrected chi connectivity index (χ4v) is 2.41. The molecule has 2 unspecified atom stereocenters. The molecule has 15 heavy (non-hydrogen) atoms. The summed E-state index contributed by atoms with van der Waals surface area (Å²) in [5.41, 5.74) is 0. The summed E-state index contributed by atoms with van der Waals surface area (Å²) < 4.78 is 5.99. The fraction of sp³-hybridized carbons (Fsp3) is 0.571. The molecule has 0 radical (unpaired) electrons. The zero-order valence-corrected chi connectivity index (χ0v) is 9.49. The van der Waals surface area contributed by atoms with Gasteiger partial charge in [0.1, 0.15) is 5.75 Å². The van der Waals surface area contributed by atoms with Crippen LogP contribution >= 0.6 is 0 Å². The number of hydrogen-bond donors (Lipinski definition) is 0. The summed E-state index contributed by atoms with van der Waals surface area (Å²) in [4.78, 5) is 0. The van der Waals surface area contributed by atoms with Gasteiger partial charge in [-0.25, -0.2) is 0 Å². The first kappa shape index (κ1) is 10.5. The summed E-state index contributed by atoms with van der Waals surface area (Å²) >= 11 is 0. The maximum Gasteiger partial charge on any atom is 0.119 e. The van der Waals surface area contributed by atoms with Crippen LogP contribution in [0.25, 0.3) is 0 Å². The third-order valence-electron chi connectivity index (χ3n) is 3.36.